The molecule has 1 aliphatic rings. The minimum atomic E-state index is -0.0917. The van der Waals surface area contributed by atoms with E-state index in [1.165, 1.54) is 21.9 Å². The first kappa shape index (κ1) is 25.3. The molecule has 2 unspecified atom stereocenters. The number of benzene rings is 6. The van der Waals surface area contributed by atoms with E-state index in [-0.39, 0.29) is 18.5 Å². The second kappa shape index (κ2) is 10.2. The predicted octanol–water partition coefficient (Wildman–Crippen LogP) is 8.86. The number of nitrogens with one attached hydrogen (secondary N) is 3. The van der Waals surface area contributed by atoms with E-state index in [0.29, 0.717) is 0 Å². The summed E-state index contributed by atoms with van der Waals surface area (Å²) in [7, 11) is 0. The predicted molar refractivity (Wildman–Crippen MR) is 179 cm³/mol. The first-order chi connectivity index (χ1) is 21.8. The van der Waals surface area contributed by atoms with Crippen molar-refractivity contribution in [1.82, 2.24) is 20.5 Å². The zero-order valence-electron chi connectivity index (χ0n) is 23.9. The van der Waals surface area contributed by atoms with Crippen LogP contribution in [0, 0.1) is 0 Å². The van der Waals surface area contributed by atoms with Crippen molar-refractivity contribution in [1.29, 1.82) is 0 Å². The molecule has 2 atom stereocenters. The van der Waals surface area contributed by atoms with Gasteiger partial charge in [-0.25, -0.2) is 0 Å². The molecule has 0 radical (unpaired) electrons. The molecule has 1 aliphatic heterocycles. The van der Waals surface area contributed by atoms with Gasteiger partial charge in [0.15, 0.2) is 5.58 Å². The van der Waals surface area contributed by atoms with Gasteiger partial charge in [-0.15, -0.1) is 0 Å². The minimum Gasteiger partial charge on any atom is -0.454 e. The van der Waals surface area contributed by atoms with Gasteiger partial charge in [0.2, 0.25) is 0 Å². The molecule has 2 aromatic heterocycles. The average Bonchev–Trinajstić information content (AvgIpc) is 3.65. The number of fused-ring (bicyclic) bond motifs is 7. The second-order valence-electron chi connectivity index (χ2n) is 11.5. The third kappa shape index (κ3) is 4.06. The van der Waals surface area contributed by atoms with Gasteiger partial charge in [0.25, 0.3) is 0 Å². The van der Waals surface area contributed by atoms with Crippen LogP contribution in [0.25, 0.3) is 49.4 Å². The van der Waals surface area contributed by atoms with Crippen LogP contribution in [0.15, 0.2) is 150 Å². The highest BCUT2D eigenvalue weighted by atomic mass is 16.3. The summed E-state index contributed by atoms with van der Waals surface area (Å²) >= 11 is 0. The Morgan fingerprint density at radius 2 is 1.02 bits per heavy atom. The fraction of sp³-hybridized carbons (Fsp3) is 0.0769. The van der Waals surface area contributed by atoms with E-state index in [9.17, 15) is 0 Å². The molecule has 9 rings (SSSR count). The maximum Gasteiger partial charge on any atom is 0.160 e. The van der Waals surface area contributed by atoms with Gasteiger partial charge in [-0.3, -0.25) is 16.0 Å². The molecule has 6 aromatic carbocycles. The molecule has 3 N–H and O–H groups in total. The fourth-order valence-electron chi connectivity index (χ4n) is 6.86. The van der Waals surface area contributed by atoms with Crippen LogP contribution in [0.1, 0.15) is 35.2 Å². The molecule has 1 saturated heterocycles. The summed E-state index contributed by atoms with van der Waals surface area (Å²) in [6.45, 7) is 0. The van der Waals surface area contributed by atoms with Gasteiger partial charge in [-0.1, -0.05) is 115 Å². The van der Waals surface area contributed by atoms with Crippen LogP contribution in [0.2, 0.25) is 0 Å². The van der Waals surface area contributed by atoms with Crippen molar-refractivity contribution in [3.63, 3.8) is 0 Å². The van der Waals surface area contributed by atoms with Gasteiger partial charge in [-0.05, 0) is 47.0 Å². The standard InChI is InChI=1S/C39H30N4O/c1-3-12-25(13-4-1)37-40-38(26-14-5-2-6-15-26)42-39(41-37)27-16-11-17-28(24-27)43-33-20-9-7-18-29(33)31-22-23-32-30-19-8-10-21-34(30)44-36(32)35(31)43/h1-24,37-42H. The zero-order chi connectivity index (χ0) is 29.0. The fourth-order valence-corrected chi connectivity index (χ4v) is 6.86. The molecule has 1 fully saturated rings. The summed E-state index contributed by atoms with van der Waals surface area (Å²) in [6.07, 6.45) is -0.148. The van der Waals surface area contributed by atoms with E-state index in [1.54, 1.807) is 0 Å². The van der Waals surface area contributed by atoms with Crippen LogP contribution in [0.4, 0.5) is 0 Å². The molecule has 0 spiro atoms. The van der Waals surface area contributed by atoms with Crippen LogP contribution in [-0.4, -0.2) is 4.57 Å². The van der Waals surface area contributed by atoms with E-state index in [1.807, 2.05) is 6.07 Å². The van der Waals surface area contributed by atoms with Crippen LogP contribution in [0.5, 0.6) is 0 Å². The molecule has 0 aliphatic carbocycles. The van der Waals surface area contributed by atoms with Gasteiger partial charge >= 0.3 is 0 Å². The van der Waals surface area contributed by atoms with Gasteiger partial charge in [0.05, 0.1) is 29.5 Å². The number of nitrogens with zero attached hydrogens (tertiary/aromatic N) is 1. The maximum absolute atomic E-state index is 6.58. The minimum absolute atomic E-state index is 0.0280. The molecule has 5 nitrogen and oxygen atoms in total. The van der Waals surface area contributed by atoms with Crippen LogP contribution < -0.4 is 16.0 Å². The van der Waals surface area contributed by atoms with Crippen molar-refractivity contribution in [2.75, 3.05) is 0 Å². The highest BCUT2D eigenvalue weighted by molar-refractivity contribution is 6.21. The second-order valence-corrected chi connectivity index (χ2v) is 11.5. The number of hydrogen-bond donors (Lipinski definition) is 3. The van der Waals surface area contributed by atoms with Crippen LogP contribution in [-0.2, 0) is 0 Å². The third-order valence-corrected chi connectivity index (χ3v) is 8.91. The van der Waals surface area contributed by atoms with Gasteiger partial charge in [-0.2, -0.15) is 0 Å². The number of para-hydroxylation sites is 2. The molecule has 8 aromatic rings. The van der Waals surface area contributed by atoms with Crippen molar-refractivity contribution in [2.45, 2.75) is 18.5 Å². The molecule has 0 bridgehead atoms. The molecule has 5 heteroatoms. The lowest BCUT2D eigenvalue weighted by atomic mass is 10.0. The summed E-state index contributed by atoms with van der Waals surface area (Å²) < 4.78 is 8.94. The number of aromatic nitrogens is 1. The van der Waals surface area contributed by atoms with Crippen molar-refractivity contribution in [3.05, 3.63) is 162 Å². The molecular weight excluding hydrogens is 540 g/mol. The van der Waals surface area contributed by atoms with E-state index in [0.717, 1.165) is 44.2 Å². The Kier molecular flexibility index (Phi) is 5.87. The summed E-state index contributed by atoms with van der Waals surface area (Å²) in [5.41, 5.74) is 8.72. The van der Waals surface area contributed by atoms with Crippen molar-refractivity contribution >= 4 is 43.7 Å². The van der Waals surface area contributed by atoms with Crippen LogP contribution >= 0.6 is 0 Å². The van der Waals surface area contributed by atoms with Gasteiger partial charge in [0.1, 0.15) is 5.58 Å². The Balaban J connectivity index is 1.21. The lowest BCUT2D eigenvalue weighted by Gasteiger charge is -2.39. The Bertz CT molecular complexity index is 2240. The summed E-state index contributed by atoms with van der Waals surface area (Å²) in [5, 5.41) is 16.1. The molecular formula is C39H30N4O. The van der Waals surface area contributed by atoms with Gasteiger partial charge in [0, 0.05) is 27.2 Å². The first-order valence-corrected chi connectivity index (χ1v) is 15.1. The number of rotatable bonds is 4. The molecule has 44 heavy (non-hydrogen) atoms. The van der Waals surface area contributed by atoms with Crippen molar-refractivity contribution < 1.29 is 4.42 Å². The number of furan rings is 1. The summed E-state index contributed by atoms with van der Waals surface area (Å²) in [4.78, 5) is 0. The molecule has 0 amide bonds. The number of hydrogen-bond acceptors (Lipinski definition) is 4. The van der Waals surface area contributed by atoms with Crippen molar-refractivity contribution in [2.24, 2.45) is 0 Å². The Labute approximate surface area is 254 Å². The van der Waals surface area contributed by atoms with Crippen LogP contribution in [0.3, 0.4) is 0 Å². The van der Waals surface area contributed by atoms with E-state index < -0.39 is 0 Å². The topological polar surface area (TPSA) is 54.2 Å². The SMILES string of the molecule is c1ccc(C2NC(c3ccccc3)NC(c3cccc(-n4c5ccccc5c5ccc6c7ccccc7oc6c54)c3)N2)cc1. The van der Waals surface area contributed by atoms with E-state index in [4.69, 9.17) is 4.42 Å². The molecule has 3 heterocycles. The normalized spacial score (nSPS) is 18.9. The molecule has 212 valence electrons. The molecule has 0 saturated carbocycles. The highest BCUT2D eigenvalue weighted by Gasteiger charge is 2.30. The lowest BCUT2D eigenvalue weighted by molar-refractivity contribution is 0.203. The average molecular weight is 571 g/mol. The Morgan fingerprint density at radius 1 is 0.455 bits per heavy atom. The third-order valence-electron chi connectivity index (χ3n) is 8.91. The Morgan fingerprint density at radius 3 is 1.75 bits per heavy atom. The quantitative estimate of drug-likeness (QED) is 0.198. The van der Waals surface area contributed by atoms with E-state index >= 15 is 0 Å². The monoisotopic (exact) mass is 570 g/mol. The first-order valence-electron chi connectivity index (χ1n) is 15.1. The zero-order valence-corrected chi connectivity index (χ0v) is 23.9. The maximum atomic E-state index is 6.58. The smallest absolute Gasteiger partial charge is 0.160 e. The lowest BCUT2D eigenvalue weighted by Crippen LogP contribution is -2.54. The highest BCUT2D eigenvalue weighted by Crippen LogP contribution is 2.40. The summed E-state index contributed by atoms with van der Waals surface area (Å²) in [6, 6.07) is 51.4. The van der Waals surface area contributed by atoms with E-state index in [2.05, 4.69) is 160 Å². The Hall–Kier alpha value is -5.20. The largest absolute Gasteiger partial charge is 0.454 e. The van der Waals surface area contributed by atoms with Gasteiger partial charge < -0.3 is 8.98 Å². The van der Waals surface area contributed by atoms with Crippen molar-refractivity contribution in [3.8, 4) is 5.69 Å². The summed E-state index contributed by atoms with van der Waals surface area (Å²) in [5.74, 6) is 0.